The highest BCUT2D eigenvalue weighted by Gasteiger charge is 2.36. The first-order valence-electron chi connectivity index (χ1n) is 8.20. The zero-order valence-electron chi connectivity index (χ0n) is 15.5. The molecule has 12 heteroatoms. The van der Waals surface area contributed by atoms with Crippen LogP contribution in [0.2, 0.25) is 0 Å². The van der Waals surface area contributed by atoms with E-state index in [0.29, 0.717) is 10.7 Å². The Hall–Kier alpha value is -3.57. The summed E-state index contributed by atoms with van der Waals surface area (Å²) in [4.78, 5) is 24.7. The van der Waals surface area contributed by atoms with E-state index in [2.05, 4.69) is 10.2 Å². The third kappa shape index (κ3) is 3.86. The number of rotatable bonds is 3. The van der Waals surface area contributed by atoms with Gasteiger partial charge < -0.3 is 15.7 Å². The first-order valence-corrected chi connectivity index (χ1v) is 8.20. The Balaban J connectivity index is 2.18. The van der Waals surface area contributed by atoms with Crippen LogP contribution in [-0.2, 0) is 10.9 Å². The van der Waals surface area contributed by atoms with Crippen molar-refractivity contribution in [2.45, 2.75) is 32.5 Å². The van der Waals surface area contributed by atoms with Crippen LogP contribution in [0.15, 0.2) is 24.3 Å². The second kappa shape index (κ2) is 6.50. The largest absolute Gasteiger partial charge is 0.477 e. The van der Waals surface area contributed by atoms with Gasteiger partial charge >= 0.3 is 18.1 Å². The van der Waals surface area contributed by atoms with Gasteiger partial charge in [-0.15, -0.1) is 5.10 Å². The number of nitrogen functional groups attached to an aromatic ring is 1. The van der Waals surface area contributed by atoms with E-state index in [1.807, 2.05) is 0 Å². The first kappa shape index (κ1) is 20.2. The molecule has 0 bridgehead atoms. The van der Waals surface area contributed by atoms with E-state index in [1.54, 1.807) is 20.8 Å². The van der Waals surface area contributed by atoms with Gasteiger partial charge in [-0.25, -0.2) is 14.3 Å². The fourth-order valence-electron chi connectivity index (χ4n) is 2.61. The van der Waals surface area contributed by atoms with Crippen molar-refractivity contribution in [1.82, 2.24) is 19.7 Å². The molecule has 0 saturated carbocycles. The summed E-state index contributed by atoms with van der Waals surface area (Å²) in [6.45, 7) is 4.96. The monoisotopic (exact) mass is 411 g/mol. The average molecular weight is 411 g/mol. The molecule has 2 heterocycles. The molecule has 3 N–H and O–H groups in total. The minimum atomic E-state index is -4.83. The number of ether oxygens (including phenoxy) is 1. The van der Waals surface area contributed by atoms with Gasteiger partial charge in [0.05, 0.1) is 11.2 Å². The summed E-state index contributed by atoms with van der Waals surface area (Å²) in [5.74, 6) is 3.34. The van der Waals surface area contributed by atoms with E-state index in [1.165, 1.54) is 18.2 Å². The van der Waals surface area contributed by atoms with Crippen LogP contribution in [-0.4, -0.2) is 42.3 Å². The molecule has 0 radical (unpaired) electrons. The average Bonchev–Trinajstić information content (AvgIpc) is 3.15. The quantitative estimate of drug-likeness (QED) is 0.501. The second-order valence-electron chi connectivity index (χ2n) is 7.13. The number of hydrogen-bond donors (Lipinski definition) is 2. The zero-order valence-corrected chi connectivity index (χ0v) is 15.5. The number of hydrogen-bond acceptors (Lipinski definition) is 6. The van der Waals surface area contributed by atoms with Crippen LogP contribution in [0.5, 0.6) is 0 Å². The van der Waals surface area contributed by atoms with Crippen LogP contribution in [0.1, 0.15) is 47.4 Å². The Morgan fingerprint density at radius 1 is 1.14 bits per heavy atom. The van der Waals surface area contributed by atoms with Gasteiger partial charge in [0.15, 0.2) is 17.1 Å². The zero-order chi connectivity index (χ0) is 21.7. The van der Waals surface area contributed by atoms with Crippen LogP contribution >= 0.6 is 0 Å². The molecule has 0 aliphatic carbocycles. The SMILES string of the molecule is CC(C)(C)OC(=O)c1nn(N)c2ccc(-n3nc(C(F)(F)F)cc3C(=O)O)cc12. The minimum Gasteiger partial charge on any atom is -0.477 e. The number of aromatic nitrogens is 4. The lowest BCUT2D eigenvalue weighted by atomic mass is 10.1. The van der Waals surface area contributed by atoms with Gasteiger partial charge in [0.2, 0.25) is 0 Å². The molecule has 0 spiro atoms. The number of esters is 1. The van der Waals surface area contributed by atoms with Crippen molar-refractivity contribution in [2.75, 3.05) is 5.84 Å². The van der Waals surface area contributed by atoms with Gasteiger partial charge in [0, 0.05) is 11.5 Å². The van der Waals surface area contributed by atoms with Crippen molar-refractivity contribution in [3.63, 3.8) is 0 Å². The lowest BCUT2D eigenvalue weighted by Crippen LogP contribution is -2.24. The molecule has 154 valence electrons. The summed E-state index contributed by atoms with van der Waals surface area (Å²) in [7, 11) is 0. The van der Waals surface area contributed by atoms with Gasteiger partial charge in [-0.2, -0.15) is 23.1 Å². The number of aromatic carboxylic acids is 1. The molecule has 29 heavy (non-hydrogen) atoms. The van der Waals surface area contributed by atoms with E-state index in [-0.39, 0.29) is 22.3 Å². The number of carbonyl (C=O) groups is 2. The molecular weight excluding hydrogens is 395 g/mol. The van der Waals surface area contributed by atoms with Gasteiger partial charge in [-0.3, -0.25) is 0 Å². The summed E-state index contributed by atoms with van der Waals surface area (Å²) in [6, 6.07) is 4.39. The van der Waals surface area contributed by atoms with Gasteiger partial charge in [0.1, 0.15) is 5.60 Å². The molecule has 0 unspecified atom stereocenters. The highest BCUT2D eigenvalue weighted by Crippen LogP contribution is 2.30. The van der Waals surface area contributed by atoms with Crippen molar-refractivity contribution in [3.05, 3.63) is 41.3 Å². The van der Waals surface area contributed by atoms with Crippen molar-refractivity contribution in [3.8, 4) is 5.69 Å². The summed E-state index contributed by atoms with van der Waals surface area (Å²) in [6.07, 6.45) is -4.83. The molecule has 0 aliphatic rings. The van der Waals surface area contributed by atoms with Gasteiger partial charge in [0.25, 0.3) is 0 Å². The maximum absolute atomic E-state index is 13.0. The molecule has 9 nitrogen and oxygen atoms in total. The van der Waals surface area contributed by atoms with E-state index in [0.717, 1.165) is 4.79 Å². The summed E-state index contributed by atoms with van der Waals surface area (Å²) < 4.78 is 44.8. The molecule has 3 rings (SSSR count). The number of alkyl halides is 3. The van der Waals surface area contributed by atoms with E-state index < -0.39 is 35.1 Å². The van der Waals surface area contributed by atoms with Crippen LogP contribution in [0.4, 0.5) is 13.2 Å². The lowest BCUT2D eigenvalue weighted by molar-refractivity contribution is -0.141. The number of benzene rings is 1. The van der Waals surface area contributed by atoms with Crippen LogP contribution in [0, 0.1) is 0 Å². The van der Waals surface area contributed by atoms with E-state index in [9.17, 15) is 27.9 Å². The second-order valence-corrected chi connectivity index (χ2v) is 7.13. The molecule has 0 atom stereocenters. The molecule has 0 aliphatic heterocycles. The van der Waals surface area contributed by atoms with Crippen molar-refractivity contribution in [1.29, 1.82) is 0 Å². The molecule has 0 fully saturated rings. The number of carbonyl (C=O) groups excluding carboxylic acids is 1. The van der Waals surface area contributed by atoms with Gasteiger partial charge in [-0.1, -0.05) is 0 Å². The Morgan fingerprint density at radius 3 is 2.34 bits per heavy atom. The minimum absolute atomic E-state index is 0.0248. The maximum atomic E-state index is 13.0. The van der Waals surface area contributed by atoms with Crippen molar-refractivity contribution < 1.29 is 32.6 Å². The third-order valence-corrected chi connectivity index (χ3v) is 3.75. The topological polar surface area (TPSA) is 125 Å². The third-order valence-electron chi connectivity index (χ3n) is 3.75. The molecule has 1 aromatic carbocycles. The maximum Gasteiger partial charge on any atom is 0.435 e. The number of carboxylic acids is 1. The number of carboxylic acid groups (broad SMARTS) is 1. The number of fused-ring (bicyclic) bond motifs is 1. The number of nitrogens with two attached hydrogens (primary N) is 1. The Bertz CT molecular complexity index is 1120. The smallest absolute Gasteiger partial charge is 0.435 e. The van der Waals surface area contributed by atoms with E-state index in [4.69, 9.17) is 10.6 Å². The van der Waals surface area contributed by atoms with Crippen LogP contribution in [0.3, 0.4) is 0 Å². The Morgan fingerprint density at radius 2 is 1.79 bits per heavy atom. The highest BCUT2D eigenvalue weighted by molar-refractivity contribution is 6.03. The standard InChI is InChI=1S/C17H16F3N5O4/c1-16(2,3)29-15(28)13-9-6-8(4-5-10(9)25(21)23-13)24-11(14(26)27)7-12(22-24)17(18,19)20/h4-7H,21H2,1-3H3,(H,26,27). The molecule has 0 saturated heterocycles. The fourth-order valence-corrected chi connectivity index (χ4v) is 2.61. The summed E-state index contributed by atoms with van der Waals surface area (Å²) in [5, 5.41) is 16.7. The Labute approximate surface area is 161 Å². The lowest BCUT2D eigenvalue weighted by Gasteiger charge is -2.18. The molecule has 3 aromatic rings. The molecule has 0 amide bonds. The Kier molecular flexibility index (Phi) is 4.52. The van der Waals surface area contributed by atoms with Crippen molar-refractivity contribution in [2.24, 2.45) is 0 Å². The molecular formula is C17H16F3N5O4. The predicted octanol–water partition coefficient (Wildman–Crippen LogP) is 2.61. The first-order chi connectivity index (χ1) is 13.3. The number of halogens is 3. The van der Waals surface area contributed by atoms with Gasteiger partial charge in [-0.05, 0) is 39.0 Å². The molecule has 2 aromatic heterocycles. The summed E-state index contributed by atoms with van der Waals surface area (Å²) >= 11 is 0. The fraction of sp³-hybridized carbons (Fsp3) is 0.294. The van der Waals surface area contributed by atoms with Crippen LogP contribution < -0.4 is 5.84 Å². The number of nitrogens with zero attached hydrogens (tertiary/aromatic N) is 4. The van der Waals surface area contributed by atoms with E-state index >= 15 is 0 Å². The van der Waals surface area contributed by atoms with Crippen molar-refractivity contribution >= 4 is 22.8 Å². The predicted molar refractivity (Wildman–Crippen MR) is 94.1 cm³/mol. The van der Waals surface area contributed by atoms with Crippen LogP contribution in [0.25, 0.3) is 16.6 Å². The normalized spacial score (nSPS) is 12.3. The highest BCUT2D eigenvalue weighted by atomic mass is 19.4. The summed E-state index contributed by atoms with van der Waals surface area (Å²) in [5.41, 5.74) is -2.79.